The summed E-state index contributed by atoms with van der Waals surface area (Å²) in [4.78, 5) is -0.150. The number of hydrogen-bond acceptors (Lipinski definition) is 4. The number of sulfonamides is 1. The molecule has 0 atom stereocenters. The maximum Gasteiger partial charge on any atom is 0.241 e. The second kappa shape index (κ2) is 7.10. The molecule has 0 saturated carbocycles. The number of methoxy groups -OCH3 is 2. The molecule has 0 amide bonds. The second-order valence-electron chi connectivity index (χ2n) is 4.68. The summed E-state index contributed by atoms with van der Waals surface area (Å²) in [5.74, 6) is -3.91. The van der Waals surface area contributed by atoms with E-state index in [1.165, 1.54) is 32.4 Å². The first-order chi connectivity index (χ1) is 11.3. The fourth-order valence-corrected chi connectivity index (χ4v) is 2.96. The van der Waals surface area contributed by atoms with Crippen LogP contribution in [0.3, 0.4) is 0 Å². The number of rotatable bonds is 6. The Morgan fingerprint density at radius 3 is 2.25 bits per heavy atom. The van der Waals surface area contributed by atoms with E-state index in [9.17, 15) is 21.6 Å². The molecule has 0 spiro atoms. The quantitative estimate of drug-likeness (QED) is 0.804. The zero-order chi connectivity index (χ0) is 17.9. The fraction of sp³-hybridized carbons (Fsp3) is 0.200. The lowest BCUT2D eigenvalue weighted by Crippen LogP contribution is -2.24. The van der Waals surface area contributed by atoms with Crippen LogP contribution in [0.15, 0.2) is 35.2 Å². The lowest BCUT2D eigenvalue weighted by Gasteiger charge is -2.11. The SMILES string of the molecule is COc1ccc(S(=O)(=O)NCc2ccc(F)c(F)c2F)cc1OC. The molecule has 0 fully saturated rings. The van der Waals surface area contributed by atoms with Crippen molar-refractivity contribution in [2.45, 2.75) is 11.4 Å². The summed E-state index contributed by atoms with van der Waals surface area (Å²) in [6, 6.07) is 5.57. The molecule has 0 aromatic heterocycles. The van der Waals surface area contributed by atoms with Crippen LogP contribution in [0.1, 0.15) is 5.56 Å². The maximum atomic E-state index is 13.6. The summed E-state index contributed by atoms with van der Waals surface area (Å²) in [6.07, 6.45) is 0. The Kier molecular flexibility index (Phi) is 5.35. The van der Waals surface area contributed by atoms with Crippen LogP contribution in [0.5, 0.6) is 11.5 Å². The minimum absolute atomic E-state index is 0.150. The Morgan fingerprint density at radius 1 is 0.958 bits per heavy atom. The van der Waals surface area contributed by atoms with Gasteiger partial charge in [-0.3, -0.25) is 0 Å². The number of ether oxygens (including phenoxy) is 2. The van der Waals surface area contributed by atoms with E-state index in [0.717, 1.165) is 12.1 Å². The van der Waals surface area contributed by atoms with Crippen LogP contribution in [-0.4, -0.2) is 22.6 Å². The van der Waals surface area contributed by atoms with Crippen LogP contribution < -0.4 is 14.2 Å². The van der Waals surface area contributed by atoms with E-state index < -0.39 is 34.0 Å². The van der Waals surface area contributed by atoms with Crippen molar-refractivity contribution >= 4 is 10.0 Å². The standard InChI is InChI=1S/C15H14F3NO4S/c1-22-12-6-4-10(7-13(12)23-2)24(20,21)19-8-9-3-5-11(16)15(18)14(9)17/h3-7,19H,8H2,1-2H3. The molecule has 2 aromatic carbocycles. The fourth-order valence-electron chi connectivity index (χ4n) is 1.94. The van der Waals surface area contributed by atoms with Gasteiger partial charge in [-0.05, 0) is 18.2 Å². The molecule has 5 nitrogen and oxygen atoms in total. The average molecular weight is 361 g/mol. The third kappa shape index (κ3) is 3.62. The van der Waals surface area contributed by atoms with E-state index in [2.05, 4.69) is 4.72 Å². The predicted octanol–water partition coefficient (Wildman–Crippen LogP) is 2.60. The van der Waals surface area contributed by atoms with Gasteiger partial charge < -0.3 is 9.47 Å². The average Bonchev–Trinajstić information content (AvgIpc) is 2.58. The van der Waals surface area contributed by atoms with E-state index in [1.807, 2.05) is 0 Å². The molecular weight excluding hydrogens is 347 g/mol. The molecule has 9 heteroatoms. The molecule has 0 aliphatic rings. The van der Waals surface area contributed by atoms with Gasteiger partial charge in [0.05, 0.1) is 19.1 Å². The van der Waals surface area contributed by atoms with Crippen molar-refractivity contribution in [1.82, 2.24) is 4.72 Å². The van der Waals surface area contributed by atoms with Gasteiger partial charge in [-0.15, -0.1) is 0 Å². The smallest absolute Gasteiger partial charge is 0.241 e. The Hall–Kier alpha value is -2.26. The van der Waals surface area contributed by atoms with E-state index in [4.69, 9.17) is 9.47 Å². The summed E-state index contributed by atoms with van der Waals surface area (Å²) >= 11 is 0. The zero-order valence-corrected chi connectivity index (χ0v) is 13.6. The number of benzene rings is 2. The van der Waals surface area contributed by atoms with Gasteiger partial charge in [-0.25, -0.2) is 26.3 Å². The summed E-state index contributed by atoms with van der Waals surface area (Å²) in [6.45, 7) is -0.542. The topological polar surface area (TPSA) is 64.6 Å². The highest BCUT2D eigenvalue weighted by atomic mass is 32.2. The van der Waals surface area contributed by atoms with Crippen molar-refractivity contribution < 1.29 is 31.1 Å². The molecule has 130 valence electrons. The number of halogens is 3. The molecule has 0 radical (unpaired) electrons. The van der Waals surface area contributed by atoms with Crippen molar-refractivity contribution in [2.24, 2.45) is 0 Å². The highest BCUT2D eigenvalue weighted by Gasteiger charge is 2.19. The second-order valence-corrected chi connectivity index (χ2v) is 6.44. The minimum Gasteiger partial charge on any atom is -0.493 e. The molecule has 0 aliphatic carbocycles. The van der Waals surface area contributed by atoms with Crippen molar-refractivity contribution in [1.29, 1.82) is 0 Å². The third-order valence-electron chi connectivity index (χ3n) is 3.23. The summed E-state index contributed by atoms with van der Waals surface area (Å²) in [5.41, 5.74) is -0.321. The molecule has 0 bridgehead atoms. The van der Waals surface area contributed by atoms with E-state index >= 15 is 0 Å². The van der Waals surface area contributed by atoms with Gasteiger partial charge >= 0.3 is 0 Å². The Morgan fingerprint density at radius 2 is 1.62 bits per heavy atom. The van der Waals surface area contributed by atoms with Crippen LogP contribution in [0.2, 0.25) is 0 Å². The van der Waals surface area contributed by atoms with Gasteiger partial charge in [0.15, 0.2) is 29.0 Å². The Labute approximate surface area is 137 Å². The van der Waals surface area contributed by atoms with Gasteiger partial charge in [0.2, 0.25) is 10.0 Å². The monoisotopic (exact) mass is 361 g/mol. The van der Waals surface area contributed by atoms with E-state index in [-0.39, 0.29) is 16.2 Å². The molecule has 2 aromatic rings. The zero-order valence-electron chi connectivity index (χ0n) is 12.8. The van der Waals surface area contributed by atoms with Crippen molar-refractivity contribution in [2.75, 3.05) is 14.2 Å². The van der Waals surface area contributed by atoms with E-state index in [0.29, 0.717) is 5.75 Å². The van der Waals surface area contributed by atoms with Gasteiger partial charge in [-0.1, -0.05) is 6.07 Å². The van der Waals surface area contributed by atoms with Gasteiger partial charge in [-0.2, -0.15) is 0 Å². The van der Waals surface area contributed by atoms with Crippen molar-refractivity contribution in [3.8, 4) is 11.5 Å². The summed E-state index contributed by atoms with van der Waals surface area (Å²) < 4.78 is 76.2. The minimum atomic E-state index is -4.02. The lowest BCUT2D eigenvalue weighted by molar-refractivity contribution is 0.354. The first-order valence-corrected chi connectivity index (χ1v) is 8.12. The highest BCUT2D eigenvalue weighted by molar-refractivity contribution is 7.89. The summed E-state index contributed by atoms with van der Waals surface area (Å²) in [7, 11) is -1.28. The maximum absolute atomic E-state index is 13.6. The lowest BCUT2D eigenvalue weighted by atomic mass is 10.2. The Bertz CT molecular complexity index is 856. The van der Waals surface area contributed by atoms with Gasteiger partial charge in [0, 0.05) is 18.2 Å². The van der Waals surface area contributed by atoms with Gasteiger partial charge in [0.1, 0.15) is 0 Å². The van der Waals surface area contributed by atoms with Gasteiger partial charge in [0.25, 0.3) is 0 Å². The summed E-state index contributed by atoms with van der Waals surface area (Å²) in [5, 5.41) is 0. The molecule has 24 heavy (non-hydrogen) atoms. The molecule has 0 heterocycles. The first-order valence-electron chi connectivity index (χ1n) is 6.64. The van der Waals surface area contributed by atoms with Crippen LogP contribution >= 0.6 is 0 Å². The first kappa shape index (κ1) is 18.1. The van der Waals surface area contributed by atoms with Crippen LogP contribution in [0.25, 0.3) is 0 Å². The largest absolute Gasteiger partial charge is 0.493 e. The highest BCUT2D eigenvalue weighted by Crippen LogP contribution is 2.29. The molecular formula is C15H14F3NO4S. The normalized spacial score (nSPS) is 11.4. The third-order valence-corrected chi connectivity index (χ3v) is 4.63. The molecule has 0 saturated heterocycles. The number of nitrogens with one attached hydrogen (secondary N) is 1. The molecule has 0 aliphatic heterocycles. The predicted molar refractivity (Wildman–Crippen MR) is 79.9 cm³/mol. The number of hydrogen-bond donors (Lipinski definition) is 1. The van der Waals surface area contributed by atoms with Crippen LogP contribution in [-0.2, 0) is 16.6 Å². The molecule has 1 N–H and O–H groups in total. The van der Waals surface area contributed by atoms with E-state index in [1.54, 1.807) is 0 Å². The van der Waals surface area contributed by atoms with Crippen molar-refractivity contribution in [3.05, 3.63) is 53.3 Å². The molecule has 2 rings (SSSR count). The Balaban J connectivity index is 2.25. The van der Waals surface area contributed by atoms with Crippen LogP contribution in [0.4, 0.5) is 13.2 Å². The molecule has 0 unspecified atom stereocenters. The van der Waals surface area contributed by atoms with Crippen LogP contribution in [0, 0.1) is 17.5 Å². The van der Waals surface area contributed by atoms with Crippen molar-refractivity contribution in [3.63, 3.8) is 0 Å².